The maximum Gasteiger partial charge on any atom is -0.0177 e. The van der Waals surface area contributed by atoms with Gasteiger partial charge in [-0.25, -0.2) is 0 Å². The molecule has 0 aliphatic heterocycles. The van der Waals surface area contributed by atoms with E-state index < -0.39 is 0 Å². The average molecular weight is 322 g/mol. The Kier molecular flexibility index (Phi) is 4.11. The zero-order valence-electron chi connectivity index (χ0n) is 14.7. The van der Waals surface area contributed by atoms with Crippen LogP contribution in [0.25, 0.3) is 33.0 Å². The highest BCUT2D eigenvalue weighted by Gasteiger charge is 2.05. The van der Waals surface area contributed by atoms with Gasteiger partial charge < -0.3 is 0 Å². The van der Waals surface area contributed by atoms with Crippen molar-refractivity contribution in [1.82, 2.24) is 0 Å². The van der Waals surface area contributed by atoms with Gasteiger partial charge in [0.1, 0.15) is 0 Å². The summed E-state index contributed by atoms with van der Waals surface area (Å²) in [6, 6.07) is 32.9. The molecule has 0 fully saturated rings. The third-order valence-electron chi connectivity index (χ3n) is 4.83. The summed E-state index contributed by atoms with van der Waals surface area (Å²) in [6.07, 6.45) is 0. The van der Waals surface area contributed by atoms with Crippen molar-refractivity contribution in [3.8, 4) is 22.3 Å². The zero-order valence-corrected chi connectivity index (χ0v) is 14.7. The van der Waals surface area contributed by atoms with Gasteiger partial charge in [0.05, 0.1) is 0 Å². The van der Waals surface area contributed by atoms with E-state index >= 15 is 0 Å². The number of rotatable bonds is 3. The van der Waals surface area contributed by atoms with Gasteiger partial charge in [-0.1, -0.05) is 92.7 Å². The average Bonchev–Trinajstić information content (AvgIpc) is 2.68. The Morgan fingerprint density at radius 3 is 1.84 bits per heavy atom. The summed E-state index contributed by atoms with van der Waals surface area (Å²) in [5.74, 6) is 0.562. The van der Waals surface area contributed by atoms with E-state index in [9.17, 15) is 0 Å². The summed E-state index contributed by atoms with van der Waals surface area (Å²) in [5, 5.41) is 2.61. The van der Waals surface area contributed by atoms with Gasteiger partial charge in [0.25, 0.3) is 0 Å². The molecule has 0 heterocycles. The van der Waals surface area contributed by atoms with Gasteiger partial charge in [0.2, 0.25) is 0 Å². The molecule has 25 heavy (non-hydrogen) atoms. The molecule has 0 nitrogen and oxygen atoms in total. The number of hydrogen-bond acceptors (Lipinski definition) is 0. The molecule has 0 spiro atoms. The first-order valence-electron chi connectivity index (χ1n) is 8.90. The van der Waals surface area contributed by atoms with Crippen LogP contribution in [0.3, 0.4) is 0 Å². The topological polar surface area (TPSA) is 0 Å². The molecule has 0 N–H and O–H groups in total. The molecular formula is C25H22. The van der Waals surface area contributed by atoms with Gasteiger partial charge in [0, 0.05) is 0 Å². The SMILES string of the molecule is CC(C)c1ccc2cc(-c3cccc(-c4ccccc4)c3)ccc2c1. The Morgan fingerprint density at radius 1 is 0.480 bits per heavy atom. The molecule has 0 bridgehead atoms. The van der Waals surface area contributed by atoms with E-state index in [1.54, 1.807) is 0 Å². The van der Waals surface area contributed by atoms with Gasteiger partial charge in [-0.2, -0.15) is 0 Å². The van der Waals surface area contributed by atoms with Crippen LogP contribution in [0.2, 0.25) is 0 Å². The third-order valence-corrected chi connectivity index (χ3v) is 4.83. The minimum atomic E-state index is 0.562. The largest absolute Gasteiger partial charge is 0.0622 e. The van der Waals surface area contributed by atoms with Crippen LogP contribution in [0, 0.1) is 0 Å². The maximum atomic E-state index is 2.31. The Morgan fingerprint density at radius 2 is 1.08 bits per heavy atom. The van der Waals surface area contributed by atoms with Crippen molar-refractivity contribution in [2.75, 3.05) is 0 Å². The van der Waals surface area contributed by atoms with Crippen LogP contribution in [-0.4, -0.2) is 0 Å². The summed E-state index contributed by atoms with van der Waals surface area (Å²) >= 11 is 0. The number of fused-ring (bicyclic) bond motifs is 1. The van der Waals surface area contributed by atoms with Crippen molar-refractivity contribution in [1.29, 1.82) is 0 Å². The molecule has 0 heteroatoms. The standard InChI is InChI=1S/C25H22/c1-18(2)20-11-12-25-17-24(14-13-23(25)15-20)22-10-6-9-21(16-22)19-7-4-3-5-8-19/h3-18H,1-2H3. The van der Waals surface area contributed by atoms with Crippen LogP contribution in [0.5, 0.6) is 0 Å². The van der Waals surface area contributed by atoms with Crippen molar-refractivity contribution < 1.29 is 0 Å². The van der Waals surface area contributed by atoms with Gasteiger partial charge >= 0.3 is 0 Å². The molecule has 0 aromatic heterocycles. The molecule has 0 radical (unpaired) electrons. The van der Waals surface area contributed by atoms with Crippen molar-refractivity contribution >= 4 is 10.8 Å². The first-order valence-corrected chi connectivity index (χ1v) is 8.90. The second kappa shape index (κ2) is 6.57. The first kappa shape index (κ1) is 15.7. The summed E-state index contributed by atoms with van der Waals surface area (Å²) in [6.45, 7) is 4.48. The van der Waals surface area contributed by atoms with Crippen LogP contribution < -0.4 is 0 Å². The molecule has 0 aliphatic rings. The van der Waals surface area contributed by atoms with Gasteiger partial charge in [-0.15, -0.1) is 0 Å². The lowest BCUT2D eigenvalue weighted by Gasteiger charge is -2.10. The van der Waals surface area contributed by atoms with Crippen LogP contribution in [0.1, 0.15) is 25.3 Å². The predicted octanol–water partition coefficient (Wildman–Crippen LogP) is 7.30. The normalized spacial score (nSPS) is 11.2. The van der Waals surface area contributed by atoms with E-state index in [-0.39, 0.29) is 0 Å². The molecule has 4 aromatic rings. The molecule has 4 aromatic carbocycles. The van der Waals surface area contributed by atoms with Crippen molar-refractivity contribution in [3.63, 3.8) is 0 Å². The Hall–Kier alpha value is -2.86. The Bertz CT molecular complexity index is 1010. The monoisotopic (exact) mass is 322 g/mol. The summed E-state index contributed by atoms with van der Waals surface area (Å²) < 4.78 is 0. The zero-order chi connectivity index (χ0) is 17.2. The van der Waals surface area contributed by atoms with Crippen molar-refractivity contribution in [2.45, 2.75) is 19.8 Å². The van der Waals surface area contributed by atoms with Gasteiger partial charge in [0.15, 0.2) is 0 Å². The van der Waals surface area contributed by atoms with E-state index in [1.165, 1.54) is 38.6 Å². The number of benzene rings is 4. The fourth-order valence-electron chi connectivity index (χ4n) is 3.31. The van der Waals surface area contributed by atoms with Crippen LogP contribution in [-0.2, 0) is 0 Å². The van der Waals surface area contributed by atoms with E-state index in [1.807, 2.05) is 0 Å². The molecule has 122 valence electrons. The third kappa shape index (κ3) is 3.21. The molecule has 0 atom stereocenters. The van der Waals surface area contributed by atoms with Crippen molar-refractivity contribution in [3.05, 3.63) is 96.6 Å². The predicted molar refractivity (Wildman–Crippen MR) is 109 cm³/mol. The summed E-state index contributed by atoms with van der Waals surface area (Å²) in [7, 11) is 0. The Balaban J connectivity index is 1.76. The van der Waals surface area contributed by atoms with E-state index in [0.717, 1.165) is 0 Å². The quantitative estimate of drug-likeness (QED) is 0.371. The first-order chi connectivity index (χ1) is 12.2. The second-order valence-electron chi connectivity index (χ2n) is 6.92. The van der Waals surface area contributed by atoms with E-state index in [4.69, 9.17) is 0 Å². The summed E-state index contributed by atoms with van der Waals surface area (Å²) in [5.41, 5.74) is 6.44. The van der Waals surface area contributed by atoms with E-state index in [0.29, 0.717) is 5.92 Å². The van der Waals surface area contributed by atoms with E-state index in [2.05, 4.69) is 105 Å². The van der Waals surface area contributed by atoms with Gasteiger partial charge in [-0.3, -0.25) is 0 Å². The molecular weight excluding hydrogens is 300 g/mol. The second-order valence-corrected chi connectivity index (χ2v) is 6.92. The molecule has 0 saturated heterocycles. The maximum absolute atomic E-state index is 2.31. The lowest BCUT2D eigenvalue weighted by Crippen LogP contribution is -1.87. The smallest absolute Gasteiger partial charge is 0.0177 e. The van der Waals surface area contributed by atoms with Crippen LogP contribution >= 0.6 is 0 Å². The fraction of sp³-hybridized carbons (Fsp3) is 0.120. The minimum absolute atomic E-state index is 0.562. The molecule has 4 rings (SSSR count). The minimum Gasteiger partial charge on any atom is -0.0622 e. The number of hydrogen-bond donors (Lipinski definition) is 0. The van der Waals surface area contributed by atoms with Crippen LogP contribution in [0.15, 0.2) is 91.0 Å². The van der Waals surface area contributed by atoms with Crippen molar-refractivity contribution in [2.24, 2.45) is 0 Å². The molecule has 0 amide bonds. The highest BCUT2D eigenvalue weighted by Crippen LogP contribution is 2.29. The Labute approximate surface area is 149 Å². The van der Waals surface area contributed by atoms with Gasteiger partial charge in [-0.05, 0) is 56.6 Å². The lowest BCUT2D eigenvalue weighted by atomic mass is 9.95. The molecule has 0 unspecified atom stereocenters. The highest BCUT2D eigenvalue weighted by atomic mass is 14.1. The van der Waals surface area contributed by atoms with Crippen LogP contribution in [0.4, 0.5) is 0 Å². The molecule has 0 aliphatic carbocycles. The lowest BCUT2D eigenvalue weighted by molar-refractivity contribution is 0.869. The fourth-order valence-corrected chi connectivity index (χ4v) is 3.31. The molecule has 0 saturated carbocycles. The highest BCUT2D eigenvalue weighted by molar-refractivity contribution is 5.88. The summed E-state index contributed by atoms with van der Waals surface area (Å²) in [4.78, 5) is 0.